The molecule has 3 aliphatic rings. The molecule has 3 heterocycles. The summed E-state index contributed by atoms with van der Waals surface area (Å²) in [4.78, 5) is 14.4. The monoisotopic (exact) mass is 613 g/mol. The van der Waals surface area contributed by atoms with E-state index < -0.39 is 63.8 Å². The van der Waals surface area contributed by atoms with Gasteiger partial charge in [-0.25, -0.2) is 13.6 Å². The number of carbonyl (C=O) groups is 1. The third kappa shape index (κ3) is 5.14. The molecule has 2 aromatic carbocycles. The number of hydrogen-bond donors (Lipinski definition) is 0. The minimum absolute atomic E-state index is 0.000589. The lowest BCUT2D eigenvalue weighted by molar-refractivity contribution is -0.348. The number of alkyl halides is 7. The van der Waals surface area contributed by atoms with E-state index in [0.29, 0.717) is 25.2 Å². The first-order valence-corrected chi connectivity index (χ1v) is 13.6. The number of halogens is 8. The van der Waals surface area contributed by atoms with Gasteiger partial charge in [0.1, 0.15) is 11.9 Å². The molecule has 15 heteroatoms. The summed E-state index contributed by atoms with van der Waals surface area (Å²) in [5, 5.41) is 0. The van der Waals surface area contributed by atoms with Crippen LogP contribution < -0.4 is 0 Å². The second-order valence-corrected chi connectivity index (χ2v) is 11.9. The smallest absolute Gasteiger partial charge is 0.435 e. The largest absolute Gasteiger partial charge is 0.611 e. The van der Waals surface area contributed by atoms with Gasteiger partial charge in [0.05, 0.1) is 25.7 Å². The van der Waals surface area contributed by atoms with E-state index in [0.717, 1.165) is 24.3 Å². The maximum Gasteiger partial charge on any atom is 0.435 e. The molecule has 4 unspecified atom stereocenters. The van der Waals surface area contributed by atoms with Crippen LogP contribution in [-0.2, 0) is 35.8 Å². The molecule has 0 saturated carbocycles. The Bertz CT molecular complexity index is 1240. The number of carbonyl (C=O) groups excluding carboxylic acids is 1. The number of hydrogen-bond acceptors (Lipinski definition) is 5. The van der Waals surface area contributed by atoms with Crippen molar-refractivity contribution in [3.8, 4) is 0 Å². The highest BCUT2D eigenvalue weighted by atomic mass is 32.2. The Morgan fingerprint density at radius 1 is 0.976 bits per heavy atom. The lowest BCUT2D eigenvalue weighted by Crippen LogP contribution is -2.50. The molecule has 0 spiro atoms. The van der Waals surface area contributed by atoms with E-state index in [1.807, 2.05) is 0 Å². The Hall–Kier alpha value is -2.62. The summed E-state index contributed by atoms with van der Waals surface area (Å²) >= 11 is -2.08. The Kier molecular flexibility index (Phi) is 7.71. The number of likely N-dealkylation sites (tertiary alicyclic amines) is 1. The second kappa shape index (κ2) is 10.6. The normalized spacial score (nSPS) is 27.6. The summed E-state index contributed by atoms with van der Waals surface area (Å²) in [5.74, 6) is -0.803. The number of nitrogens with zero attached hydrogens (tertiary/aromatic N) is 1. The Balaban J connectivity index is 1.46. The van der Waals surface area contributed by atoms with Crippen molar-refractivity contribution in [1.82, 2.24) is 4.90 Å². The quantitative estimate of drug-likeness (QED) is 0.319. The molecule has 0 bridgehead atoms. The first-order chi connectivity index (χ1) is 19.2. The highest BCUT2D eigenvalue weighted by molar-refractivity contribution is 7.92. The Morgan fingerprint density at radius 2 is 1.61 bits per heavy atom. The molecular formula is C26H23F8NO5S. The minimum atomic E-state index is -6.30. The number of fused-ring (bicyclic) bond motifs is 1. The van der Waals surface area contributed by atoms with Crippen molar-refractivity contribution in [2.24, 2.45) is 5.92 Å². The van der Waals surface area contributed by atoms with E-state index in [9.17, 15) is 44.5 Å². The predicted octanol–water partition coefficient (Wildman–Crippen LogP) is 5.72. The fraction of sp³-hybridized carbons (Fsp3) is 0.500. The topological polar surface area (TPSA) is 71.1 Å². The third-order valence-corrected chi connectivity index (χ3v) is 9.68. The van der Waals surface area contributed by atoms with Crippen LogP contribution in [0.4, 0.5) is 39.9 Å². The van der Waals surface area contributed by atoms with E-state index in [2.05, 4.69) is 0 Å². The third-order valence-electron chi connectivity index (χ3n) is 7.70. The van der Waals surface area contributed by atoms with Crippen molar-refractivity contribution in [1.29, 1.82) is 0 Å². The fourth-order valence-electron chi connectivity index (χ4n) is 5.46. The van der Waals surface area contributed by atoms with Crippen molar-refractivity contribution in [3.05, 3.63) is 65.5 Å². The van der Waals surface area contributed by atoms with Crippen molar-refractivity contribution in [3.63, 3.8) is 0 Å². The van der Waals surface area contributed by atoms with Gasteiger partial charge in [0.15, 0.2) is 15.9 Å². The van der Waals surface area contributed by atoms with Crippen LogP contribution in [0, 0.1) is 11.7 Å². The van der Waals surface area contributed by atoms with Crippen LogP contribution in [0.25, 0.3) is 0 Å². The highest BCUT2D eigenvalue weighted by Crippen LogP contribution is 2.54. The lowest BCUT2D eigenvalue weighted by Gasteiger charge is -2.33. The first-order valence-electron chi connectivity index (χ1n) is 12.5. The van der Waals surface area contributed by atoms with E-state index in [1.54, 1.807) is 0 Å². The van der Waals surface area contributed by atoms with E-state index in [-0.39, 0.29) is 42.5 Å². The predicted molar refractivity (Wildman–Crippen MR) is 126 cm³/mol. The molecule has 3 saturated heterocycles. The first kappa shape index (κ1) is 29.9. The van der Waals surface area contributed by atoms with Crippen LogP contribution in [0.2, 0.25) is 0 Å². The van der Waals surface area contributed by atoms with E-state index >= 15 is 0 Å². The molecule has 1 amide bonds. The van der Waals surface area contributed by atoms with Crippen molar-refractivity contribution < 1.29 is 58.7 Å². The van der Waals surface area contributed by atoms with Gasteiger partial charge < -0.3 is 23.7 Å². The highest BCUT2D eigenvalue weighted by Gasteiger charge is 2.73. The van der Waals surface area contributed by atoms with Gasteiger partial charge in [0.25, 0.3) is 0 Å². The molecular weight excluding hydrogens is 590 g/mol. The molecule has 0 radical (unpaired) electrons. The van der Waals surface area contributed by atoms with Crippen molar-refractivity contribution >= 4 is 17.3 Å². The zero-order valence-electron chi connectivity index (χ0n) is 21.0. The molecule has 3 aliphatic heterocycles. The zero-order chi connectivity index (χ0) is 29.8. The maximum absolute atomic E-state index is 14.6. The summed E-state index contributed by atoms with van der Waals surface area (Å²) in [6.07, 6.45) is -13.9. The summed E-state index contributed by atoms with van der Waals surface area (Å²) in [6, 6.07) is 6.88. The van der Waals surface area contributed by atoms with Gasteiger partial charge in [-0.15, -0.1) is 0 Å². The Morgan fingerprint density at radius 3 is 2.22 bits per heavy atom. The van der Waals surface area contributed by atoms with Gasteiger partial charge in [-0.2, -0.15) is 26.3 Å². The fourth-order valence-corrected chi connectivity index (χ4v) is 7.19. The molecule has 224 valence electrons. The molecule has 2 aromatic rings. The molecule has 3 fully saturated rings. The summed E-state index contributed by atoms with van der Waals surface area (Å²) in [6.45, 7) is 0.217. The van der Waals surface area contributed by atoms with Gasteiger partial charge in [-0.1, -0.05) is 24.3 Å². The van der Waals surface area contributed by atoms with Gasteiger partial charge >= 0.3 is 24.1 Å². The number of amides is 1. The summed E-state index contributed by atoms with van der Waals surface area (Å²) in [7, 11) is 0. The Labute approximate surface area is 231 Å². The molecule has 5 atom stereocenters. The average molecular weight is 614 g/mol. The van der Waals surface area contributed by atoms with Crippen LogP contribution in [0.3, 0.4) is 0 Å². The molecule has 0 aliphatic carbocycles. The number of ether oxygens (including phenoxy) is 3. The zero-order valence-corrected chi connectivity index (χ0v) is 21.8. The van der Waals surface area contributed by atoms with Gasteiger partial charge in [-0.3, -0.25) is 0 Å². The second-order valence-electron chi connectivity index (χ2n) is 10.1. The standard InChI is InChI=1S/C26H23F8NO5S/c27-17-5-7-18(8-6-17)41(37)23(15-1-3-16(4-2-15)24(28,25(29,30)31)26(32,33)34)10-11-35(14-23)22(36)40-20-13-39-21-19(20)9-12-38-21/h1-8,19-21H,9-14H2/t19?,20?,21?,23-,41?/m0/s1. The van der Waals surface area contributed by atoms with Crippen LogP contribution in [0.1, 0.15) is 24.0 Å². The van der Waals surface area contributed by atoms with Gasteiger partial charge in [0.2, 0.25) is 0 Å². The van der Waals surface area contributed by atoms with E-state index in [4.69, 9.17) is 14.2 Å². The van der Waals surface area contributed by atoms with Crippen molar-refractivity contribution in [2.75, 3.05) is 26.3 Å². The molecule has 0 aromatic heterocycles. The molecule has 5 rings (SSSR count). The lowest BCUT2D eigenvalue weighted by atomic mass is 9.90. The van der Waals surface area contributed by atoms with Crippen LogP contribution in [0.5, 0.6) is 0 Å². The van der Waals surface area contributed by atoms with Gasteiger partial charge in [-0.05, 0) is 41.9 Å². The SMILES string of the molecule is O=C(OC1COC2OCCC12)N1CC[C@](c2ccc(C(F)(C(F)(F)F)C(F)(F)F)cc2)([S+]([O-])c2ccc(F)cc2)C1. The summed E-state index contributed by atoms with van der Waals surface area (Å²) in [5.41, 5.74) is -7.34. The number of rotatable bonds is 5. The van der Waals surface area contributed by atoms with E-state index in [1.165, 1.54) is 17.0 Å². The molecule has 0 N–H and O–H groups in total. The van der Waals surface area contributed by atoms with Crippen LogP contribution in [0.15, 0.2) is 53.4 Å². The maximum atomic E-state index is 14.6. The van der Waals surface area contributed by atoms with Crippen LogP contribution in [-0.4, -0.2) is 66.6 Å². The number of benzene rings is 2. The van der Waals surface area contributed by atoms with Crippen LogP contribution >= 0.6 is 0 Å². The molecule has 41 heavy (non-hydrogen) atoms. The molecule has 6 nitrogen and oxygen atoms in total. The van der Waals surface area contributed by atoms with Crippen molar-refractivity contribution in [2.45, 2.75) is 52.9 Å². The summed E-state index contributed by atoms with van der Waals surface area (Å²) < 4.78 is 137. The van der Waals surface area contributed by atoms with Gasteiger partial charge in [0, 0.05) is 24.1 Å². The minimum Gasteiger partial charge on any atom is -0.611 e. The average Bonchev–Trinajstić information content (AvgIpc) is 3.65.